The number of cyclic esters (lactones) is 1. The van der Waals surface area contributed by atoms with Gasteiger partial charge in [0, 0.05) is 65.4 Å². The quantitative estimate of drug-likeness (QED) is 0.171. The van der Waals surface area contributed by atoms with E-state index in [-0.39, 0.29) is 43.8 Å². The van der Waals surface area contributed by atoms with Crippen LogP contribution in [0.1, 0.15) is 46.5 Å². The zero-order valence-corrected chi connectivity index (χ0v) is 23.8. The summed E-state index contributed by atoms with van der Waals surface area (Å²) in [6.45, 7) is 18.0. The van der Waals surface area contributed by atoms with Crippen LogP contribution in [0, 0.1) is 0 Å². The van der Waals surface area contributed by atoms with Crippen LogP contribution < -0.4 is 0 Å². The Kier molecular flexibility index (Phi) is 13.1. The van der Waals surface area contributed by atoms with Gasteiger partial charge in [0.05, 0.1) is 26.2 Å². The highest BCUT2D eigenvalue weighted by Gasteiger charge is 2.35. The zero-order chi connectivity index (χ0) is 27.3. The predicted molar refractivity (Wildman–Crippen MR) is 144 cm³/mol. The van der Waals surface area contributed by atoms with Crippen LogP contribution in [-0.4, -0.2) is 153 Å². The fourth-order valence-electron chi connectivity index (χ4n) is 5.57. The van der Waals surface area contributed by atoms with Crippen LogP contribution in [0.2, 0.25) is 0 Å². The largest absolute Gasteiger partial charge is 0.466 e. The molecule has 2 unspecified atom stereocenters. The Morgan fingerprint density at radius 3 is 2.08 bits per heavy atom. The van der Waals surface area contributed by atoms with Crippen molar-refractivity contribution in [3.8, 4) is 0 Å². The van der Waals surface area contributed by atoms with E-state index in [4.69, 9.17) is 14.2 Å². The van der Waals surface area contributed by atoms with E-state index in [1.54, 1.807) is 13.8 Å². The third-order valence-corrected chi connectivity index (χ3v) is 7.64. The first kappa shape index (κ1) is 30.6. The molecule has 3 rings (SSSR count). The van der Waals surface area contributed by atoms with Gasteiger partial charge >= 0.3 is 18.0 Å². The molecular weight excluding hydrogens is 490 g/mol. The minimum absolute atomic E-state index is 0.00304. The number of nitrogens with zero attached hydrogens (tertiary/aromatic N) is 5. The molecule has 11 heteroatoms. The molecule has 0 radical (unpaired) electrons. The molecule has 0 aliphatic carbocycles. The van der Waals surface area contributed by atoms with Crippen molar-refractivity contribution in [2.45, 2.75) is 58.6 Å². The fraction of sp³-hybridized carbons (Fsp3) is 0.889. The van der Waals surface area contributed by atoms with Crippen LogP contribution in [0.5, 0.6) is 0 Å². The molecule has 3 heterocycles. The van der Waals surface area contributed by atoms with E-state index in [1.165, 1.54) is 13.0 Å². The van der Waals surface area contributed by atoms with E-state index >= 15 is 0 Å². The van der Waals surface area contributed by atoms with Gasteiger partial charge < -0.3 is 28.9 Å². The number of amides is 1. The van der Waals surface area contributed by atoms with Crippen molar-refractivity contribution in [1.82, 2.24) is 24.5 Å². The van der Waals surface area contributed by atoms with Gasteiger partial charge in [0.1, 0.15) is 12.1 Å². The number of carbonyl (C=O) groups excluding carboxylic acids is 3. The van der Waals surface area contributed by atoms with E-state index in [0.29, 0.717) is 26.2 Å². The summed E-state index contributed by atoms with van der Waals surface area (Å²) in [5.74, 6) is -0.770. The average Bonchev–Trinajstić information content (AvgIpc) is 3.25. The standard InChI is InChI=1S/C27H49N5O6/c1-4-9-28-12-14-29(15-13-28)10-7-8-11-32-22-23(38-27(32)35)21-30-16-18-31(19-17-30)24(26(34)37-6-3)20-25(33)36-5-2/h23-24H,4-22H2,1-3H3. The first-order valence-corrected chi connectivity index (χ1v) is 14.6. The highest BCUT2D eigenvalue weighted by molar-refractivity contribution is 5.82. The van der Waals surface area contributed by atoms with E-state index in [9.17, 15) is 14.4 Å². The molecule has 1 amide bonds. The molecule has 0 spiro atoms. The van der Waals surface area contributed by atoms with Gasteiger partial charge in [-0.2, -0.15) is 0 Å². The highest BCUT2D eigenvalue weighted by Crippen LogP contribution is 2.17. The molecule has 0 bridgehead atoms. The molecule has 0 N–H and O–H groups in total. The van der Waals surface area contributed by atoms with E-state index in [1.807, 2.05) is 9.80 Å². The van der Waals surface area contributed by atoms with Gasteiger partial charge in [-0.15, -0.1) is 0 Å². The Labute approximate surface area is 228 Å². The maximum absolute atomic E-state index is 12.5. The van der Waals surface area contributed by atoms with Crippen molar-refractivity contribution in [2.24, 2.45) is 0 Å². The molecule has 2 atom stereocenters. The number of ether oxygens (including phenoxy) is 3. The van der Waals surface area contributed by atoms with Gasteiger partial charge in [-0.3, -0.25) is 19.4 Å². The van der Waals surface area contributed by atoms with Gasteiger partial charge in [0.25, 0.3) is 0 Å². The molecule has 38 heavy (non-hydrogen) atoms. The summed E-state index contributed by atoms with van der Waals surface area (Å²) in [4.78, 5) is 48.2. The third kappa shape index (κ3) is 9.66. The van der Waals surface area contributed by atoms with Crippen molar-refractivity contribution in [2.75, 3.05) is 98.3 Å². The number of piperazine rings is 2. The lowest BCUT2D eigenvalue weighted by Crippen LogP contribution is -2.54. The molecule has 3 aliphatic rings. The van der Waals surface area contributed by atoms with Crippen LogP contribution in [0.3, 0.4) is 0 Å². The van der Waals surface area contributed by atoms with Crippen LogP contribution in [0.15, 0.2) is 0 Å². The fourth-order valence-corrected chi connectivity index (χ4v) is 5.57. The summed E-state index contributed by atoms with van der Waals surface area (Å²) in [6.07, 6.45) is 2.95. The van der Waals surface area contributed by atoms with Gasteiger partial charge in [0.15, 0.2) is 0 Å². The van der Waals surface area contributed by atoms with E-state index < -0.39 is 6.04 Å². The zero-order valence-electron chi connectivity index (χ0n) is 23.8. The maximum Gasteiger partial charge on any atom is 0.410 e. The van der Waals surface area contributed by atoms with Crippen LogP contribution in [0.4, 0.5) is 4.79 Å². The Morgan fingerprint density at radius 2 is 1.45 bits per heavy atom. The summed E-state index contributed by atoms with van der Waals surface area (Å²) in [5, 5.41) is 0. The van der Waals surface area contributed by atoms with Gasteiger partial charge in [-0.1, -0.05) is 6.92 Å². The first-order valence-electron chi connectivity index (χ1n) is 14.6. The second-order valence-corrected chi connectivity index (χ2v) is 10.5. The number of hydrogen-bond acceptors (Lipinski definition) is 10. The molecule has 0 aromatic heterocycles. The summed E-state index contributed by atoms with van der Waals surface area (Å²) in [7, 11) is 0. The highest BCUT2D eigenvalue weighted by atomic mass is 16.6. The van der Waals surface area contributed by atoms with Crippen molar-refractivity contribution in [3.63, 3.8) is 0 Å². The normalized spacial score (nSPS) is 22.9. The van der Waals surface area contributed by atoms with Gasteiger partial charge in [-0.25, -0.2) is 4.79 Å². The molecule has 11 nitrogen and oxygen atoms in total. The van der Waals surface area contributed by atoms with E-state index in [0.717, 1.165) is 65.2 Å². The SMILES string of the molecule is CCCN1CCN(CCCCN2CC(CN3CCN(C(CC(=O)OCC)C(=O)OCC)CC3)OC2=O)CC1. The number of unbranched alkanes of at least 4 members (excludes halogenated alkanes) is 1. The predicted octanol–water partition coefficient (Wildman–Crippen LogP) is 1.12. The third-order valence-electron chi connectivity index (χ3n) is 7.64. The molecule has 0 aromatic carbocycles. The minimum Gasteiger partial charge on any atom is -0.466 e. The molecule has 3 aliphatic heterocycles. The van der Waals surface area contributed by atoms with Crippen molar-refractivity contribution >= 4 is 18.0 Å². The number of esters is 2. The summed E-state index contributed by atoms with van der Waals surface area (Å²) >= 11 is 0. The lowest BCUT2D eigenvalue weighted by atomic mass is 10.1. The lowest BCUT2D eigenvalue weighted by molar-refractivity contribution is -0.157. The van der Waals surface area contributed by atoms with Crippen molar-refractivity contribution in [3.05, 3.63) is 0 Å². The second kappa shape index (κ2) is 16.2. The van der Waals surface area contributed by atoms with Crippen LogP contribution in [-0.2, 0) is 23.8 Å². The van der Waals surface area contributed by atoms with Crippen LogP contribution in [0.25, 0.3) is 0 Å². The van der Waals surface area contributed by atoms with Gasteiger partial charge in [-0.05, 0) is 46.2 Å². The van der Waals surface area contributed by atoms with E-state index in [2.05, 4.69) is 21.6 Å². The molecule has 218 valence electrons. The number of hydrogen-bond donors (Lipinski definition) is 0. The molecule has 3 fully saturated rings. The van der Waals surface area contributed by atoms with Crippen molar-refractivity contribution in [1.29, 1.82) is 0 Å². The molecular formula is C27H49N5O6. The maximum atomic E-state index is 12.5. The minimum atomic E-state index is -0.629. The number of carbonyl (C=O) groups is 3. The molecule has 3 saturated heterocycles. The smallest absolute Gasteiger partial charge is 0.410 e. The van der Waals surface area contributed by atoms with Crippen LogP contribution >= 0.6 is 0 Å². The van der Waals surface area contributed by atoms with Crippen molar-refractivity contribution < 1.29 is 28.6 Å². The first-order chi connectivity index (χ1) is 18.4. The monoisotopic (exact) mass is 539 g/mol. The second-order valence-electron chi connectivity index (χ2n) is 10.5. The molecule has 0 saturated carbocycles. The summed E-state index contributed by atoms with van der Waals surface area (Å²) in [6, 6.07) is -0.629. The molecule has 0 aromatic rings. The van der Waals surface area contributed by atoms with Gasteiger partial charge in [0.2, 0.25) is 0 Å². The summed E-state index contributed by atoms with van der Waals surface area (Å²) < 4.78 is 15.9. The Hall–Kier alpha value is -1.95. The Bertz CT molecular complexity index is 739. The Balaban J connectivity index is 1.34. The summed E-state index contributed by atoms with van der Waals surface area (Å²) in [5.41, 5.74) is 0. The number of rotatable bonds is 15. The topological polar surface area (TPSA) is 95.1 Å². The lowest BCUT2D eigenvalue weighted by Gasteiger charge is -2.38. The average molecular weight is 540 g/mol. The Morgan fingerprint density at radius 1 is 0.842 bits per heavy atom.